The highest BCUT2D eigenvalue weighted by Gasteiger charge is 2.37. The maximum absolute atomic E-state index is 12.5. The average Bonchev–Trinajstić information content (AvgIpc) is 2.63. The van der Waals surface area contributed by atoms with Gasteiger partial charge in [0.25, 0.3) is 5.91 Å². The van der Waals surface area contributed by atoms with Crippen LogP contribution in [0.2, 0.25) is 0 Å². The molecule has 2 rings (SSSR count). The minimum absolute atomic E-state index is 0.0168. The molecule has 1 heterocycles. The maximum atomic E-state index is 12.5. The van der Waals surface area contributed by atoms with E-state index in [1.807, 2.05) is 30.0 Å². The maximum Gasteiger partial charge on any atom is 0.254 e. The summed E-state index contributed by atoms with van der Waals surface area (Å²) in [4.78, 5) is 25.7. The Labute approximate surface area is 120 Å². The number of carbonyl (C=O) groups excluding carboxylic acids is 2. The fourth-order valence-corrected chi connectivity index (χ4v) is 2.65. The van der Waals surface area contributed by atoms with Crippen molar-refractivity contribution in [3.63, 3.8) is 0 Å². The molecule has 0 saturated heterocycles. The molecule has 1 aliphatic rings. The standard InChI is InChI=1S/C16H22N2O2/c1-4-5-6-9-18-14-8-7-11(2)10-13(14)15(16(18)20)17-12(3)19/h7-8,10,15H,4-6,9H2,1-3H3,(H,17,19). The minimum Gasteiger partial charge on any atom is -0.341 e. The first kappa shape index (κ1) is 14.6. The quantitative estimate of drug-likeness (QED) is 0.839. The Hall–Kier alpha value is -1.84. The molecule has 108 valence electrons. The summed E-state index contributed by atoms with van der Waals surface area (Å²) in [5.74, 6) is -0.192. The second-order valence-electron chi connectivity index (χ2n) is 5.39. The van der Waals surface area contributed by atoms with Gasteiger partial charge in [-0.2, -0.15) is 0 Å². The Morgan fingerprint density at radius 1 is 1.35 bits per heavy atom. The molecule has 1 atom stereocenters. The van der Waals surface area contributed by atoms with E-state index in [9.17, 15) is 9.59 Å². The highest BCUT2D eigenvalue weighted by atomic mass is 16.2. The number of carbonyl (C=O) groups is 2. The number of rotatable bonds is 5. The van der Waals surface area contributed by atoms with Gasteiger partial charge in [-0.05, 0) is 19.4 Å². The van der Waals surface area contributed by atoms with E-state index in [-0.39, 0.29) is 11.8 Å². The first-order chi connectivity index (χ1) is 9.54. The summed E-state index contributed by atoms with van der Waals surface area (Å²) in [7, 11) is 0. The smallest absolute Gasteiger partial charge is 0.254 e. The van der Waals surface area contributed by atoms with Crippen molar-refractivity contribution >= 4 is 17.5 Å². The molecule has 0 aromatic heterocycles. The molecule has 4 heteroatoms. The molecule has 2 amide bonds. The molecule has 1 aliphatic heterocycles. The van der Waals surface area contributed by atoms with E-state index in [1.54, 1.807) is 0 Å². The van der Waals surface area contributed by atoms with Crippen molar-refractivity contribution in [2.24, 2.45) is 0 Å². The third-order valence-electron chi connectivity index (χ3n) is 3.63. The number of aryl methyl sites for hydroxylation is 1. The van der Waals surface area contributed by atoms with Gasteiger partial charge in [-0.25, -0.2) is 0 Å². The van der Waals surface area contributed by atoms with Gasteiger partial charge >= 0.3 is 0 Å². The minimum atomic E-state index is -0.524. The van der Waals surface area contributed by atoms with Gasteiger partial charge in [0.15, 0.2) is 0 Å². The Bertz CT molecular complexity index is 525. The van der Waals surface area contributed by atoms with Crippen LogP contribution in [0.15, 0.2) is 18.2 Å². The lowest BCUT2D eigenvalue weighted by Crippen LogP contribution is -2.37. The first-order valence-corrected chi connectivity index (χ1v) is 7.23. The Kier molecular flexibility index (Phi) is 4.42. The van der Waals surface area contributed by atoms with E-state index in [2.05, 4.69) is 12.2 Å². The van der Waals surface area contributed by atoms with Crippen molar-refractivity contribution in [1.29, 1.82) is 0 Å². The molecule has 0 saturated carbocycles. The normalized spacial score (nSPS) is 17.2. The summed E-state index contributed by atoms with van der Waals surface area (Å²) in [6.07, 6.45) is 3.22. The zero-order valence-electron chi connectivity index (χ0n) is 12.4. The van der Waals surface area contributed by atoms with Crippen LogP contribution in [0.4, 0.5) is 5.69 Å². The van der Waals surface area contributed by atoms with Crippen molar-refractivity contribution in [2.75, 3.05) is 11.4 Å². The summed E-state index contributed by atoms with van der Waals surface area (Å²) < 4.78 is 0. The zero-order valence-corrected chi connectivity index (χ0v) is 12.4. The molecule has 0 spiro atoms. The fraction of sp³-hybridized carbons (Fsp3) is 0.500. The number of unbranched alkanes of at least 4 members (excludes halogenated alkanes) is 2. The highest BCUT2D eigenvalue weighted by Crippen LogP contribution is 2.36. The average molecular weight is 274 g/mol. The molecule has 0 aliphatic carbocycles. The van der Waals surface area contributed by atoms with Gasteiger partial charge in [-0.3, -0.25) is 9.59 Å². The molecule has 0 fully saturated rings. The molecule has 4 nitrogen and oxygen atoms in total. The van der Waals surface area contributed by atoms with Gasteiger partial charge in [0.2, 0.25) is 5.91 Å². The summed E-state index contributed by atoms with van der Waals surface area (Å²) >= 11 is 0. The van der Waals surface area contributed by atoms with Gasteiger partial charge in [0.05, 0.1) is 0 Å². The SMILES string of the molecule is CCCCCN1C(=O)C(NC(C)=O)c2cc(C)ccc21. The third kappa shape index (κ3) is 2.84. The molecule has 1 unspecified atom stereocenters. The first-order valence-electron chi connectivity index (χ1n) is 7.23. The second kappa shape index (κ2) is 6.07. The molecule has 0 bridgehead atoms. The molecule has 1 N–H and O–H groups in total. The summed E-state index contributed by atoms with van der Waals surface area (Å²) in [5, 5.41) is 2.77. The topological polar surface area (TPSA) is 49.4 Å². The molecule has 0 radical (unpaired) electrons. The van der Waals surface area contributed by atoms with Crippen molar-refractivity contribution in [3.05, 3.63) is 29.3 Å². The van der Waals surface area contributed by atoms with Crippen LogP contribution in [0.5, 0.6) is 0 Å². The highest BCUT2D eigenvalue weighted by molar-refractivity contribution is 6.06. The monoisotopic (exact) mass is 274 g/mol. The largest absolute Gasteiger partial charge is 0.341 e. The number of hydrogen-bond donors (Lipinski definition) is 1. The van der Waals surface area contributed by atoms with Gasteiger partial charge in [-0.1, -0.05) is 37.5 Å². The number of hydrogen-bond acceptors (Lipinski definition) is 2. The van der Waals surface area contributed by atoms with E-state index in [0.29, 0.717) is 0 Å². The van der Waals surface area contributed by atoms with Crippen molar-refractivity contribution in [3.8, 4) is 0 Å². The van der Waals surface area contributed by atoms with Crippen LogP contribution < -0.4 is 10.2 Å². The number of amides is 2. The molecule has 1 aromatic rings. The van der Waals surface area contributed by atoms with Crippen LogP contribution in [0, 0.1) is 6.92 Å². The zero-order chi connectivity index (χ0) is 14.7. The molecule has 1 aromatic carbocycles. The molecular weight excluding hydrogens is 252 g/mol. The number of fused-ring (bicyclic) bond motifs is 1. The summed E-state index contributed by atoms with van der Waals surface area (Å²) in [5.41, 5.74) is 2.96. The number of nitrogens with one attached hydrogen (secondary N) is 1. The van der Waals surface area contributed by atoms with E-state index < -0.39 is 6.04 Å². The second-order valence-corrected chi connectivity index (χ2v) is 5.39. The lowest BCUT2D eigenvalue weighted by atomic mass is 10.1. The van der Waals surface area contributed by atoms with E-state index >= 15 is 0 Å². The number of nitrogens with zero attached hydrogens (tertiary/aromatic N) is 1. The number of benzene rings is 1. The van der Waals surface area contributed by atoms with Gasteiger partial charge < -0.3 is 10.2 Å². The predicted molar refractivity (Wildman–Crippen MR) is 79.6 cm³/mol. The van der Waals surface area contributed by atoms with Crippen molar-refractivity contribution < 1.29 is 9.59 Å². The summed E-state index contributed by atoms with van der Waals surface area (Å²) in [6.45, 7) is 6.31. The van der Waals surface area contributed by atoms with E-state index in [1.165, 1.54) is 6.92 Å². The van der Waals surface area contributed by atoms with Crippen molar-refractivity contribution in [1.82, 2.24) is 5.32 Å². The Morgan fingerprint density at radius 2 is 2.10 bits per heavy atom. The lowest BCUT2D eigenvalue weighted by Gasteiger charge is -2.17. The van der Waals surface area contributed by atoms with E-state index in [4.69, 9.17) is 0 Å². The van der Waals surface area contributed by atoms with Gasteiger partial charge in [-0.15, -0.1) is 0 Å². The predicted octanol–water partition coefficient (Wildman–Crippen LogP) is 2.71. The lowest BCUT2D eigenvalue weighted by molar-refractivity contribution is -0.126. The van der Waals surface area contributed by atoms with Crippen LogP contribution in [0.3, 0.4) is 0 Å². The van der Waals surface area contributed by atoms with E-state index in [0.717, 1.165) is 42.6 Å². The molecular formula is C16H22N2O2. The Morgan fingerprint density at radius 3 is 2.75 bits per heavy atom. The van der Waals surface area contributed by atoms with Gasteiger partial charge in [0, 0.05) is 24.7 Å². The number of anilines is 1. The fourth-order valence-electron chi connectivity index (χ4n) is 2.65. The van der Waals surface area contributed by atoms with Crippen LogP contribution in [0.1, 0.15) is 50.3 Å². The van der Waals surface area contributed by atoms with Crippen LogP contribution in [-0.4, -0.2) is 18.4 Å². The van der Waals surface area contributed by atoms with Crippen LogP contribution >= 0.6 is 0 Å². The molecule has 20 heavy (non-hydrogen) atoms. The van der Waals surface area contributed by atoms with Crippen LogP contribution in [-0.2, 0) is 9.59 Å². The van der Waals surface area contributed by atoms with Crippen molar-refractivity contribution in [2.45, 2.75) is 46.1 Å². The third-order valence-corrected chi connectivity index (χ3v) is 3.63. The summed E-state index contributed by atoms with van der Waals surface area (Å²) in [6, 6.07) is 5.46. The van der Waals surface area contributed by atoms with Crippen LogP contribution in [0.25, 0.3) is 0 Å². The van der Waals surface area contributed by atoms with Gasteiger partial charge in [0.1, 0.15) is 6.04 Å². The Balaban J connectivity index is 2.28.